The van der Waals surface area contributed by atoms with Gasteiger partial charge in [-0.3, -0.25) is 0 Å². The molecule has 0 atom stereocenters. The zero-order chi connectivity index (χ0) is 17.0. The number of alkyl halides is 3. The molecule has 7 heteroatoms. The molecule has 0 aliphatic rings. The van der Waals surface area contributed by atoms with Gasteiger partial charge in [0.2, 0.25) is 0 Å². The Labute approximate surface area is 127 Å². The highest BCUT2D eigenvalue weighted by Gasteiger charge is 2.32. The first-order valence-electron chi connectivity index (χ1n) is 6.59. The van der Waals surface area contributed by atoms with Gasteiger partial charge < -0.3 is 15.8 Å². The van der Waals surface area contributed by atoms with Crippen LogP contribution in [0.1, 0.15) is 31.9 Å². The van der Waals surface area contributed by atoms with Gasteiger partial charge in [0.1, 0.15) is 5.60 Å². The van der Waals surface area contributed by atoms with Crippen LogP contribution in [0.3, 0.4) is 0 Å². The number of ether oxygens (including phenoxy) is 1. The monoisotopic (exact) mass is 316 g/mol. The molecule has 1 amide bonds. The number of carbonyl (C=O) groups excluding carboxylic acids is 1. The molecule has 0 aromatic heterocycles. The van der Waals surface area contributed by atoms with Crippen LogP contribution in [0.5, 0.6) is 0 Å². The van der Waals surface area contributed by atoms with Gasteiger partial charge in [0.25, 0.3) is 0 Å². The Morgan fingerprint density at radius 3 is 2.50 bits per heavy atom. The van der Waals surface area contributed by atoms with E-state index in [2.05, 4.69) is 5.32 Å². The Hall–Kier alpha value is -2.18. The van der Waals surface area contributed by atoms with Gasteiger partial charge in [-0.1, -0.05) is 12.2 Å². The summed E-state index contributed by atoms with van der Waals surface area (Å²) in [7, 11) is 0. The number of alkyl carbamates (subject to hydrolysis) is 1. The molecule has 22 heavy (non-hydrogen) atoms. The summed E-state index contributed by atoms with van der Waals surface area (Å²) >= 11 is 0. The maximum absolute atomic E-state index is 12.8. The minimum atomic E-state index is -4.47. The highest BCUT2D eigenvalue weighted by Crippen LogP contribution is 2.33. The van der Waals surface area contributed by atoms with Gasteiger partial charge in [0.05, 0.1) is 5.56 Å². The van der Waals surface area contributed by atoms with Crippen molar-refractivity contribution in [2.75, 3.05) is 12.3 Å². The lowest BCUT2D eigenvalue weighted by atomic mass is 10.1. The van der Waals surface area contributed by atoms with Crippen LogP contribution in [-0.2, 0) is 10.9 Å². The minimum absolute atomic E-state index is 0.0427. The topological polar surface area (TPSA) is 64.3 Å². The summed E-state index contributed by atoms with van der Waals surface area (Å²) in [4.78, 5) is 11.4. The minimum Gasteiger partial charge on any atom is -0.444 e. The van der Waals surface area contributed by atoms with Crippen LogP contribution in [0.25, 0.3) is 6.08 Å². The molecule has 3 N–H and O–H groups in total. The van der Waals surface area contributed by atoms with E-state index in [1.165, 1.54) is 24.3 Å². The number of nitrogens with two attached hydrogens (primary N) is 1. The van der Waals surface area contributed by atoms with Crippen LogP contribution in [0.15, 0.2) is 24.3 Å². The van der Waals surface area contributed by atoms with Gasteiger partial charge in [-0.05, 0) is 44.5 Å². The Bertz CT molecular complexity index is 561. The van der Waals surface area contributed by atoms with Gasteiger partial charge >= 0.3 is 12.3 Å². The van der Waals surface area contributed by atoms with Crippen LogP contribution in [0.2, 0.25) is 0 Å². The molecule has 0 saturated carbocycles. The summed E-state index contributed by atoms with van der Waals surface area (Å²) < 4.78 is 43.5. The van der Waals surface area contributed by atoms with Crippen LogP contribution >= 0.6 is 0 Å². The normalized spacial score (nSPS) is 12.5. The third-order valence-electron chi connectivity index (χ3n) is 2.44. The Balaban J connectivity index is 2.71. The first kappa shape index (κ1) is 17.9. The average molecular weight is 316 g/mol. The van der Waals surface area contributed by atoms with E-state index >= 15 is 0 Å². The molecule has 0 radical (unpaired) electrons. The summed E-state index contributed by atoms with van der Waals surface area (Å²) in [6, 6.07) is 3.35. The smallest absolute Gasteiger partial charge is 0.416 e. The first-order valence-corrected chi connectivity index (χ1v) is 6.59. The van der Waals surface area contributed by atoms with Gasteiger partial charge in [-0.2, -0.15) is 13.2 Å². The van der Waals surface area contributed by atoms with E-state index in [1.54, 1.807) is 20.8 Å². The molecule has 0 bridgehead atoms. The van der Waals surface area contributed by atoms with Crippen molar-refractivity contribution in [2.24, 2.45) is 0 Å². The van der Waals surface area contributed by atoms with E-state index < -0.39 is 23.4 Å². The van der Waals surface area contributed by atoms with E-state index in [4.69, 9.17) is 10.5 Å². The zero-order valence-corrected chi connectivity index (χ0v) is 12.6. The van der Waals surface area contributed by atoms with Crippen molar-refractivity contribution in [3.8, 4) is 0 Å². The van der Waals surface area contributed by atoms with Gasteiger partial charge in [0, 0.05) is 12.2 Å². The summed E-state index contributed by atoms with van der Waals surface area (Å²) in [6.45, 7) is 5.18. The number of anilines is 1. The number of hydrogen-bond acceptors (Lipinski definition) is 3. The van der Waals surface area contributed by atoms with E-state index in [0.717, 1.165) is 6.07 Å². The molecule has 0 saturated heterocycles. The summed E-state index contributed by atoms with van der Waals surface area (Å²) in [5.41, 5.74) is 4.26. The van der Waals surface area contributed by atoms with Gasteiger partial charge in [-0.15, -0.1) is 0 Å². The molecule has 0 aliphatic heterocycles. The quantitative estimate of drug-likeness (QED) is 0.833. The molecule has 0 heterocycles. The number of carbonyl (C=O) groups is 1. The van der Waals surface area contributed by atoms with Crippen molar-refractivity contribution in [1.82, 2.24) is 5.32 Å². The fourth-order valence-electron chi connectivity index (χ4n) is 1.62. The van der Waals surface area contributed by atoms with Crippen molar-refractivity contribution in [3.63, 3.8) is 0 Å². The van der Waals surface area contributed by atoms with Crippen molar-refractivity contribution < 1.29 is 22.7 Å². The number of halogens is 3. The number of hydrogen-bond donors (Lipinski definition) is 2. The lowest BCUT2D eigenvalue weighted by Gasteiger charge is -2.19. The second-order valence-electron chi connectivity index (χ2n) is 5.63. The number of rotatable bonds is 3. The Kier molecular flexibility index (Phi) is 5.46. The van der Waals surface area contributed by atoms with Crippen LogP contribution in [0.4, 0.5) is 23.7 Å². The van der Waals surface area contributed by atoms with Crippen LogP contribution in [-0.4, -0.2) is 18.2 Å². The molecular formula is C15H19F3N2O2. The molecule has 1 aromatic carbocycles. The highest BCUT2D eigenvalue weighted by molar-refractivity contribution is 5.68. The maximum Gasteiger partial charge on any atom is 0.416 e. The van der Waals surface area contributed by atoms with Gasteiger partial charge in [-0.25, -0.2) is 4.79 Å². The lowest BCUT2D eigenvalue weighted by molar-refractivity contribution is -0.137. The number of nitrogen functional groups attached to an aromatic ring is 1. The number of nitrogens with one attached hydrogen (secondary N) is 1. The van der Waals surface area contributed by atoms with Crippen molar-refractivity contribution >= 4 is 17.9 Å². The Morgan fingerprint density at radius 1 is 1.32 bits per heavy atom. The average Bonchev–Trinajstić information content (AvgIpc) is 2.31. The van der Waals surface area contributed by atoms with Crippen molar-refractivity contribution in [1.29, 1.82) is 0 Å². The fourth-order valence-corrected chi connectivity index (χ4v) is 1.62. The third-order valence-corrected chi connectivity index (χ3v) is 2.44. The van der Waals surface area contributed by atoms with Crippen molar-refractivity contribution in [3.05, 3.63) is 35.4 Å². The summed E-state index contributed by atoms with van der Waals surface area (Å²) in [6.07, 6.45) is -2.45. The lowest BCUT2D eigenvalue weighted by Crippen LogP contribution is -2.32. The molecule has 1 rings (SSSR count). The van der Waals surface area contributed by atoms with E-state index in [0.29, 0.717) is 0 Å². The summed E-state index contributed by atoms with van der Waals surface area (Å²) in [5.74, 6) is 0. The molecule has 0 unspecified atom stereocenters. The molecule has 0 fully saturated rings. The first-order chi connectivity index (χ1) is 9.99. The zero-order valence-electron chi connectivity index (χ0n) is 12.6. The molecule has 0 aliphatic carbocycles. The number of benzene rings is 1. The third kappa shape index (κ3) is 6.07. The SMILES string of the molecule is CC(C)(C)OC(=O)NCC=Cc1cc(N)ccc1C(F)(F)F. The van der Waals surface area contributed by atoms with Crippen LogP contribution in [0, 0.1) is 0 Å². The molecule has 122 valence electrons. The molecule has 1 aromatic rings. The van der Waals surface area contributed by atoms with E-state index in [-0.39, 0.29) is 17.8 Å². The molecule has 4 nitrogen and oxygen atoms in total. The second kappa shape index (κ2) is 6.72. The second-order valence-corrected chi connectivity index (χ2v) is 5.63. The predicted octanol–water partition coefficient (Wildman–Crippen LogP) is 3.83. The fraction of sp³-hybridized carbons (Fsp3) is 0.400. The standard InChI is InChI=1S/C15H19F3N2O2/c1-14(2,3)22-13(21)20-8-4-5-10-9-11(19)6-7-12(10)15(16,17)18/h4-7,9H,8,19H2,1-3H3,(H,20,21). The predicted molar refractivity (Wildman–Crippen MR) is 79.1 cm³/mol. The maximum atomic E-state index is 12.8. The molecule has 0 spiro atoms. The van der Waals surface area contributed by atoms with Crippen LogP contribution < -0.4 is 11.1 Å². The van der Waals surface area contributed by atoms with E-state index in [9.17, 15) is 18.0 Å². The van der Waals surface area contributed by atoms with Gasteiger partial charge in [0.15, 0.2) is 0 Å². The number of amides is 1. The molecular weight excluding hydrogens is 297 g/mol. The largest absolute Gasteiger partial charge is 0.444 e. The van der Waals surface area contributed by atoms with E-state index in [1.807, 2.05) is 0 Å². The summed E-state index contributed by atoms with van der Waals surface area (Å²) in [5, 5.41) is 2.42. The Morgan fingerprint density at radius 2 is 1.95 bits per heavy atom. The van der Waals surface area contributed by atoms with Crippen molar-refractivity contribution in [2.45, 2.75) is 32.5 Å². The highest BCUT2D eigenvalue weighted by atomic mass is 19.4.